The number of carbonyl (C=O) groups is 1. The molecular formula is C23H26F3N7O2. The number of nitrogens with one attached hydrogen (secondary N) is 2. The van der Waals surface area contributed by atoms with E-state index in [4.69, 9.17) is 5.73 Å². The topological polar surface area (TPSA) is 110 Å². The Morgan fingerprint density at radius 2 is 1.91 bits per heavy atom. The molecule has 3 heterocycles. The van der Waals surface area contributed by atoms with Crippen LogP contribution in [0.25, 0.3) is 0 Å². The number of nitrogens with zero attached hydrogens (tertiary/aromatic N) is 4. The van der Waals surface area contributed by atoms with Crippen LogP contribution in [0.2, 0.25) is 0 Å². The number of anilines is 3. The van der Waals surface area contributed by atoms with Crippen molar-refractivity contribution in [3.63, 3.8) is 0 Å². The van der Waals surface area contributed by atoms with Gasteiger partial charge in [0, 0.05) is 31.5 Å². The van der Waals surface area contributed by atoms with Gasteiger partial charge in [-0.1, -0.05) is 0 Å². The van der Waals surface area contributed by atoms with Gasteiger partial charge >= 0.3 is 6.61 Å². The van der Waals surface area contributed by atoms with Crippen molar-refractivity contribution in [2.24, 2.45) is 5.73 Å². The zero-order valence-corrected chi connectivity index (χ0v) is 19.0. The Morgan fingerprint density at radius 3 is 2.49 bits per heavy atom. The lowest BCUT2D eigenvalue weighted by atomic mass is 9.87. The van der Waals surface area contributed by atoms with Gasteiger partial charge in [0.25, 0.3) is 5.91 Å². The van der Waals surface area contributed by atoms with E-state index in [-0.39, 0.29) is 17.1 Å². The minimum atomic E-state index is -2.90. The zero-order valence-electron chi connectivity index (χ0n) is 19.0. The van der Waals surface area contributed by atoms with Gasteiger partial charge in [-0.05, 0) is 56.3 Å². The predicted octanol–water partition coefficient (Wildman–Crippen LogP) is 3.08. The molecule has 4 rings (SSSR count). The lowest BCUT2D eigenvalue weighted by molar-refractivity contribution is -0.0500. The number of rotatable bonds is 9. The number of halogens is 3. The molecule has 1 aromatic carbocycles. The molecular weight excluding hydrogens is 463 g/mol. The number of nitrogens with two attached hydrogens (primary N) is 1. The zero-order chi connectivity index (χ0) is 25.0. The van der Waals surface area contributed by atoms with E-state index >= 15 is 0 Å². The first-order valence-corrected chi connectivity index (χ1v) is 11.0. The molecule has 3 aromatic rings. The second-order valence-electron chi connectivity index (χ2n) is 8.30. The summed E-state index contributed by atoms with van der Waals surface area (Å²) in [5, 5.41) is 10.9. The molecule has 0 saturated carbocycles. The van der Waals surface area contributed by atoms with Crippen molar-refractivity contribution in [3.8, 4) is 5.75 Å². The van der Waals surface area contributed by atoms with Gasteiger partial charge in [-0.3, -0.25) is 9.48 Å². The molecule has 2 aromatic heterocycles. The van der Waals surface area contributed by atoms with E-state index in [9.17, 15) is 18.0 Å². The number of pyridine rings is 1. The molecule has 0 bridgehead atoms. The summed E-state index contributed by atoms with van der Waals surface area (Å²) in [6.45, 7) is -1.07. The number of ether oxygens (including phenoxy) is 1. The van der Waals surface area contributed by atoms with Crippen LogP contribution in [0, 0.1) is 5.82 Å². The molecule has 0 aliphatic carbocycles. The first kappa shape index (κ1) is 24.3. The number of benzene rings is 1. The number of amides is 1. The third kappa shape index (κ3) is 5.48. The molecule has 0 radical (unpaired) electrons. The normalized spacial score (nSPS) is 15.3. The smallest absolute Gasteiger partial charge is 0.387 e. The van der Waals surface area contributed by atoms with Gasteiger partial charge < -0.3 is 26.0 Å². The molecule has 1 aliphatic rings. The molecule has 186 valence electrons. The lowest BCUT2D eigenvalue weighted by Gasteiger charge is -2.42. The van der Waals surface area contributed by atoms with Crippen LogP contribution < -0.4 is 26.0 Å². The fourth-order valence-corrected chi connectivity index (χ4v) is 4.26. The highest BCUT2D eigenvalue weighted by atomic mass is 19.3. The first-order valence-electron chi connectivity index (χ1n) is 11.0. The Hall–Kier alpha value is -3.80. The van der Waals surface area contributed by atoms with E-state index in [1.165, 1.54) is 24.4 Å². The van der Waals surface area contributed by atoms with E-state index in [1.807, 2.05) is 7.05 Å². The average Bonchev–Trinajstić information content (AvgIpc) is 3.26. The fraction of sp³-hybridized carbons (Fsp3) is 0.348. The Balaban J connectivity index is 1.54. The molecule has 0 atom stereocenters. The minimum absolute atomic E-state index is 0.00185. The van der Waals surface area contributed by atoms with Gasteiger partial charge in [-0.25, -0.2) is 9.37 Å². The lowest BCUT2D eigenvalue weighted by Crippen LogP contribution is -2.51. The summed E-state index contributed by atoms with van der Waals surface area (Å²) in [5.74, 6) is -0.0586. The number of aromatic nitrogens is 3. The summed E-state index contributed by atoms with van der Waals surface area (Å²) >= 11 is 0. The number of likely N-dealkylation sites (N-methyl/N-ethyl adjacent to an activating group) is 1. The van der Waals surface area contributed by atoms with Crippen LogP contribution in [0.1, 0.15) is 23.2 Å². The summed E-state index contributed by atoms with van der Waals surface area (Å²) in [6, 6.07) is 8.82. The largest absolute Gasteiger partial charge is 0.433 e. The molecule has 35 heavy (non-hydrogen) atoms. The van der Waals surface area contributed by atoms with Crippen LogP contribution in [0.3, 0.4) is 0 Å². The molecule has 1 fully saturated rings. The molecule has 9 nitrogen and oxygen atoms in total. The van der Waals surface area contributed by atoms with Crippen LogP contribution >= 0.6 is 0 Å². The Labute approximate surface area is 200 Å². The molecule has 1 aliphatic heterocycles. The highest BCUT2D eigenvalue weighted by molar-refractivity contribution is 5.98. The molecule has 1 amide bonds. The van der Waals surface area contributed by atoms with Gasteiger partial charge in [0.2, 0.25) is 0 Å². The standard InChI is InChI=1S/C23H26F3N7O2/c1-28-14-23(8-10-32(11-9-23)19-7-6-17(12-29-19)35-22(25)26)33-13-18(20(27)34)21(31-33)30-16-4-2-15(24)3-5-16/h2-7,12-13,22,28H,8-11,14H2,1H3,(H2,27,34)(H,30,31). The highest BCUT2D eigenvalue weighted by Crippen LogP contribution is 2.33. The third-order valence-corrected chi connectivity index (χ3v) is 6.04. The van der Waals surface area contributed by atoms with Crippen molar-refractivity contribution in [1.29, 1.82) is 0 Å². The SMILES string of the molecule is CNCC1(n2cc(C(N)=O)c(Nc3ccc(F)cc3)n2)CCN(c2ccc(OC(F)F)cn2)CC1. The van der Waals surface area contributed by atoms with E-state index in [0.29, 0.717) is 49.8 Å². The quantitative estimate of drug-likeness (QED) is 0.424. The van der Waals surface area contributed by atoms with Gasteiger partial charge in [-0.15, -0.1) is 0 Å². The predicted molar refractivity (Wildman–Crippen MR) is 125 cm³/mol. The van der Waals surface area contributed by atoms with E-state index < -0.39 is 18.1 Å². The Morgan fingerprint density at radius 1 is 1.20 bits per heavy atom. The number of carbonyl (C=O) groups excluding carboxylic acids is 1. The van der Waals surface area contributed by atoms with E-state index in [0.717, 1.165) is 0 Å². The van der Waals surface area contributed by atoms with Crippen LogP contribution in [0.5, 0.6) is 5.75 Å². The van der Waals surface area contributed by atoms with Crippen molar-refractivity contribution < 1.29 is 22.7 Å². The Kier molecular flexibility index (Phi) is 7.10. The first-order chi connectivity index (χ1) is 16.8. The molecule has 12 heteroatoms. The number of piperidine rings is 1. The van der Waals surface area contributed by atoms with Crippen molar-refractivity contribution in [2.75, 3.05) is 36.9 Å². The summed E-state index contributed by atoms with van der Waals surface area (Å²) in [7, 11) is 1.84. The number of hydrogen-bond donors (Lipinski definition) is 3. The molecule has 0 unspecified atom stereocenters. The number of primary amides is 1. The summed E-state index contributed by atoms with van der Waals surface area (Å²) in [5.41, 5.74) is 5.96. The van der Waals surface area contributed by atoms with Crippen LogP contribution in [-0.4, -0.2) is 54.0 Å². The number of hydrogen-bond acceptors (Lipinski definition) is 7. The van der Waals surface area contributed by atoms with E-state index in [1.54, 1.807) is 29.1 Å². The molecule has 1 saturated heterocycles. The summed E-state index contributed by atoms with van der Waals surface area (Å²) in [4.78, 5) is 18.4. The summed E-state index contributed by atoms with van der Waals surface area (Å²) < 4.78 is 44.2. The highest BCUT2D eigenvalue weighted by Gasteiger charge is 2.38. The van der Waals surface area contributed by atoms with Gasteiger partial charge in [-0.2, -0.15) is 13.9 Å². The fourth-order valence-electron chi connectivity index (χ4n) is 4.26. The van der Waals surface area contributed by atoms with Crippen LogP contribution in [0.15, 0.2) is 48.8 Å². The van der Waals surface area contributed by atoms with Crippen molar-refractivity contribution in [1.82, 2.24) is 20.1 Å². The van der Waals surface area contributed by atoms with E-state index in [2.05, 4.69) is 30.4 Å². The maximum absolute atomic E-state index is 13.3. The minimum Gasteiger partial charge on any atom is -0.433 e. The molecule has 4 N–H and O–H groups in total. The van der Waals surface area contributed by atoms with Gasteiger partial charge in [0.05, 0.1) is 11.7 Å². The van der Waals surface area contributed by atoms with Crippen molar-refractivity contribution >= 4 is 23.2 Å². The maximum atomic E-state index is 13.3. The molecule has 0 spiro atoms. The van der Waals surface area contributed by atoms with Crippen molar-refractivity contribution in [2.45, 2.75) is 25.0 Å². The number of alkyl halides is 2. The maximum Gasteiger partial charge on any atom is 0.387 e. The monoisotopic (exact) mass is 489 g/mol. The second kappa shape index (κ2) is 10.2. The van der Waals surface area contributed by atoms with Crippen molar-refractivity contribution in [3.05, 3.63) is 60.2 Å². The van der Waals surface area contributed by atoms with Crippen LogP contribution in [0.4, 0.5) is 30.5 Å². The average molecular weight is 490 g/mol. The van der Waals surface area contributed by atoms with Gasteiger partial charge in [0.1, 0.15) is 22.9 Å². The van der Waals surface area contributed by atoms with Crippen LogP contribution in [-0.2, 0) is 5.54 Å². The van der Waals surface area contributed by atoms with Gasteiger partial charge in [0.15, 0.2) is 5.82 Å². The second-order valence-corrected chi connectivity index (χ2v) is 8.30. The Bertz CT molecular complexity index is 1140. The third-order valence-electron chi connectivity index (χ3n) is 6.04. The summed E-state index contributed by atoms with van der Waals surface area (Å²) in [6.07, 6.45) is 4.24.